The number of carbonyl (C=O) groups excluding carboxylic acids is 1. The third-order valence-corrected chi connectivity index (χ3v) is 5.13. The van der Waals surface area contributed by atoms with E-state index in [1.807, 2.05) is 30.7 Å². The first-order chi connectivity index (χ1) is 12.5. The highest BCUT2D eigenvalue weighted by Gasteiger charge is 2.42. The number of guanidine groups is 1. The second-order valence-electron chi connectivity index (χ2n) is 7.25. The number of hydrogen-bond donors (Lipinski definition) is 1. The zero-order valence-electron chi connectivity index (χ0n) is 16.8. The molecule has 0 spiro atoms. The Hall–Kier alpha value is -2.04. The van der Waals surface area contributed by atoms with Crippen LogP contribution in [0.2, 0.25) is 0 Å². The van der Waals surface area contributed by atoms with Gasteiger partial charge in [0.15, 0.2) is 5.96 Å². The lowest BCUT2D eigenvalue weighted by Crippen LogP contribution is -2.45. The normalized spacial score (nSPS) is 15.5. The summed E-state index contributed by atoms with van der Waals surface area (Å²) < 4.78 is 0. The van der Waals surface area contributed by atoms with Crippen molar-refractivity contribution in [2.24, 2.45) is 10.4 Å². The van der Waals surface area contributed by atoms with Crippen LogP contribution in [0.1, 0.15) is 39.2 Å². The van der Waals surface area contributed by atoms with E-state index in [1.165, 1.54) is 18.4 Å². The second-order valence-corrected chi connectivity index (χ2v) is 7.25. The largest absolute Gasteiger partial charge is 0.357 e. The predicted octanol–water partition coefficient (Wildman–Crippen LogP) is 2.78. The Labute approximate surface area is 158 Å². The van der Waals surface area contributed by atoms with Gasteiger partial charge in [-0.15, -0.1) is 0 Å². The van der Waals surface area contributed by atoms with Crippen LogP contribution < -0.4 is 5.32 Å². The highest BCUT2D eigenvalue weighted by Crippen LogP contribution is 2.48. The maximum absolute atomic E-state index is 12.4. The molecule has 0 heterocycles. The van der Waals surface area contributed by atoms with Gasteiger partial charge in [0.05, 0.1) is 6.54 Å². The van der Waals surface area contributed by atoms with Gasteiger partial charge in [0.1, 0.15) is 0 Å². The van der Waals surface area contributed by atoms with Gasteiger partial charge in [0.25, 0.3) is 0 Å². The summed E-state index contributed by atoms with van der Waals surface area (Å²) in [5, 5.41) is 3.33. The van der Waals surface area contributed by atoms with Crippen molar-refractivity contribution in [3.63, 3.8) is 0 Å². The van der Waals surface area contributed by atoms with Crippen molar-refractivity contribution < 1.29 is 4.79 Å². The molecule has 5 nitrogen and oxygen atoms in total. The maximum Gasteiger partial charge on any atom is 0.242 e. The summed E-state index contributed by atoms with van der Waals surface area (Å²) in [7, 11) is 1.94. The summed E-state index contributed by atoms with van der Waals surface area (Å²) in [6.07, 6.45) is 3.54. The number of rotatable bonds is 9. The van der Waals surface area contributed by atoms with Crippen LogP contribution in [-0.4, -0.2) is 61.4 Å². The number of carbonyl (C=O) groups is 1. The molecule has 1 aromatic rings. The molecule has 1 saturated carbocycles. The Bertz CT molecular complexity index is 591. The van der Waals surface area contributed by atoms with Crippen molar-refractivity contribution in [2.45, 2.75) is 40.0 Å². The zero-order chi connectivity index (χ0) is 19.0. The van der Waals surface area contributed by atoms with Gasteiger partial charge in [-0.05, 0) is 51.0 Å². The SMILES string of the molecule is CCNC(=NCC1(Cc2ccccc2)CC1)N(C)CC(=O)N(CC)CC. The van der Waals surface area contributed by atoms with E-state index in [0.717, 1.165) is 38.6 Å². The highest BCUT2D eigenvalue weighted by atomic mass is 16.2. The van der Waals surface area contributed by atoms with E-state index in [1.54, 1.807) is 0 Å². The van der Waals surface area contributed by atoms with Crippen molar-refractivity contribution in [3.8, 4) is 0 Å². The van der Waals surface area contributed by atoms with Crippen molar-refractivity contribution >= 4 is 11.9 Å². The van der Waals surface area contributed by atoms with Gasteiger partial charge in [-0.2, -0.15) is 0 Å². The number of hydrogen-bond acceptors (Lipinski definition) is 2. The summed E-state index contributed by atoms with van der Waals surface area (Å²) in [5.74, 6) is 0.973. The first kappa shape index (κ1) is 20.3. The maximum atomic E-state index is 12.4. The highest BCUT2D eigenvalue weighted by molar-refractivity contribution is 5.86. The van der Waals surface area contributed by atoms with Gasteiger partial charge in [-0.25, -0.2) is 0 Å². The van der Waals surface area contributed by atoms with Crippen LogP contribution >= 0.6 is 0 Å². The summed E-state index contributed by atoms with van der Waals surface area (Å²) in [6.45, 7) is 9.56. The fourth-order valence-corrected chi connectivity index (χ4v) is 3.26. The van der Waals surface area contributed by atoms with Crippen molar-refractivity contribution in [2.75, 3.05) is 39.8 Å². The molecule has 0 aromatic heterocycles. The van der Waals surface area contributed by atoms with Crippen LogP contribution in [0.4, 0.5) is 0 Å². The fourth-order valence-electron chi connectivity index (χ4n) is 3.26. The second kappa shape index (κ2) is 9.60. The standard InChI is InChI=1S/C21H34N4O/c1-5-22-20(24(4)16-19(26)25(6-2)7-3)23-17-21(13-14-21)15-18-11-9-8-10-12-18/h8-12H,5-7,13-17H2,1-4H3,(H,22,23). The minimum absolute atomic E-state index is 0.147. The fraction of sp³-hybridized carbons (Fsp3) is 0.619. The molecule has 0 saturated heterocycles. The molecule has 0 radical (unpaired) electrons. The average Bonchev–Trinajstić information content (AvgIpc) is 3.40. The minimum atomic E-state index is 0.147. The molecule has 1 amide bonds. The van der Waals surface area contributed by atoms with E-state index in [0.29, 0.717) is 12.0 Å². The lowest BCUT2D eigenvalue weighted by atomic mass is 9.97. The number of benzene rings is 1. The molecule has 26 heavy (non-hydrogen) atoms. The Balaban J connectivity index is 1.98. The van der Waals surface area contributed by atoms with Gasteiger partial charge < -0.3 is 15.1 Å². The van der Waals surface area contributed by atoms with Crippen molar-refractivity contribution in [1.82, 2.24) is 15.1 Å². The van der Waals surface area contributed by atoms with E-state index in [2.05, 4.69) is 42.6 Å². The Kier molecular flexibility index (Phi) is 7.49. The Morgan fingerprint density at radius 2 is 1.81 bits per heavy atom. The first-order valence-corrected chi connectivity index (χ1v) is 9.84. The number of nitrogens with one attached hydrogen (secondary N) is 1. The van der Waals surface area contributed by atoms with Crippen molar-refractivity contribution in [3.05, 3.63) is 35.9 Å². The summed E-state index contributed by atoms with van der Waals surface area (Å²) in [5.41, 5.74) is 1.68. The van der Waals surface area contributed by atoms with E-state index in [4.69, 9.17) is 4.99 Å². The van der Waals surface area contributed by atoms with E-state index in [9.17, 15) is 4.79 Å². The molecule has 144 valence electrons. The third-order valence-electron chi connectivity index (χ3n) is 5.13. The molecule has 0 atom stereocenters. The Morgan fingerprint density at radius 1 is 1.15 bits per heavy atom. The van der Waals surface area contributed by atoms with Crippen LogP contribution in [0.15, 0.2) is 35.3 Å². The van der Waals surface area contributed by atoms with Gasteiger partial charge in [0.2, 0.25) is 5.91 Å². The molecule has 2 rings (SSSR count). The molecule has 1 aliphatic rings. The number of aliphatic imine (C=N–C) groups is 1. The molecule has 0 bridgehead atoms. The monoisotopic (exact) mass is 358 g/mol. The Morgan fingerprint density at radius 3 is 2.35 bits per heavy atom. The third kappa shape index (κ3) is 5.75. The molecule has 5 heteroatoms. The predicted molar refractivity (Wildman–Crippen MR) is 108 cm³/mol. The molecule has 0 aliphatic heterocycles. The van der Waals surface area contributed by atoms with Gasteiger partial charge in [0, 0.05) is 33.2 Å². The van der Waals surface area contributed by atoms with E-state index in [-0.39, 0.29) is 5.91 Å². The van der Waals surface area contributed by atoms with Crippen molar-refractivity contribution in [1.29, 1.82) is 0 Å². The topological polar surface area (TPSA) is 47.9 Å². The molecular weight excluding hydrogens is 324 g/mol. The number of amides is 1. The quantitative estimate of drug-likeness (QED) is 0.545. The number of nitrogens with zero attached hydrogens (tertiary/aromatic N) is 3. The molecule has 1 N–H and O–H groups in total. The average molecular weight is 359 g/mol. The minimum Gasteiger partial charge on any atom is -0.357 e. The summed E-state index contributed by atoms with van der Waals surface area (Å²) in [6, 6.07) is 10.7. The first-order valence-electron chi connectivity index (χ1n) is 9.84. The molecule has 1 aliphatic carbocycles. The lowest BCUT2D eigenvalue weighted by molar-refractivity contribution is -0.131. The van der Waals surface area contributed by atoms with E-state index < -0.39 is 0 Å². The van der Waals surface area contributed by atoms with Crippen LogP contribution in [0, 0.1) is 5.41 Å². The molecule has 0 unspecified atom stereocenters. The van der Waals surface area contributed by atoms with Crippen LogP contribution in [-0.2, 0) is 11.2 Å². The molecular formula is C21H34N4O. The van der Waals surface area contributed by atoms with Crippen LogP contribution in [0.5, 0.6) is 0 Å². The van der Waals surface area contributed by atoms with Crippen LogP contribution in [0.25, 0.3) is 0 Å². The zero-order valence-corrected chi connectivity index (χ0v) is 16.8. The molecule has 1 aromatic carbocycles. The lowest BCUT2D eigenvalue weighted by Gasteiger charge is -2.26. The van der Waals surface area contributed by atoms with Gasteiger partial charge in [-0.3, -0.25) is 9.79 Å². The van der Waals surface area contributed by atoms with Crippen LogP contribution in [0.3, 0.4) is 0 Å². The molecule has 1 fully saturated rings. The smallest absolute Gasteiger partial charge is 0.242 e. The van der Waals surface area contributed by atoms with Gasteiger partial charge in [-0.1, -0.05) is 30.3 Å². The van der Waals surface area contributed by atoms with E-state index >= 15 is 0 Å². The summed E-state index contributed by atoms with van der Waals surface area (Å²) >= 11 is 0. The number of likely N-dealkylation sites (N-methyl/N-ethyl adjacent to an activating group) is 2. The summed E-state index contributed by atoms with van der Waals surface area (Å²) in [4.78, 5) is 21.1. The van der Waals surface area contributed by atoms with Gasteiger partial charge >= 0.3 is 0 Å².